The zero-order valence-electron chi connectivity index (χ0n) is 14.4. The Labute approximate surface area is 154 Å². The van der Waals surface area contributed by atoms with Crippen LogP contribution in [0.4, 0.5) is 0 Å². The Hall–Kier alpha value is -3.74. The van der Waals surface area contributed by atoms with Crippen LogP contribution in [0.2, 0.25) is 0 Å². The maximum Gasteiger partial charge on any atom is 0.346 e. The van der Waals surface area contributed by atoms with Gasteiger partial charge in [-0.1, -0.05) is 42.5 Å². The molecule has 2 heterocycles. The molecule has 0 aliphatic carbocycles. The van der Waals surface area contributed by atoms with Crippen molar-refractivity contribution in [1.82, 2.24) is 14.9 Å². The molecule has 0 saturated heterocycles. The number of hydrogen-bond acceptors (Lipinski definition) is 5. The van der Waals surface area contributed by atoms with Crippen LogP contribution in [0.5, 0.6) is 5.75 Å². The summed E-state index contributed by atoms with van der Waals surface area (Å²) in [5.41, 5.74) is 0.764. The summed E-state index contributed by atoms with van der Waals surface area (Å²) in [7, 11) is 1.49. The van der Waals surface area contributed by atoms with Gasteiger partial charge < -0.3 is 9.72 Å². The predicted octanol–water partition coefficient (Wildman–Crippen LogP) is 2.24. The fraction of sp³-hybridized carbons (Fsp3) is 0.100. The van der Waals surface area contributed by atoms with Crippen molar-refractivity contribution in [3.63, 3.8) is 0 Å². The Morgan fingerprint density at radius 2 is 1.67 bits per heavy atom. The van der Waals surface area contributed by atoms with Gasteiger partial charge in [0, 0.05) is 5.56 Å². The van der Waals surface area contributed by atoms with Crippen molar-refractivity contribution in [2.75, 3.05) is 7.11 Å². The number of hydrogen-bond donors (Lipinski definition) is 1. The fourth-order valence-electron chi connectivity index (χ4n) is 3.15. The molecule has 0 radical (unpaired) electrons. The van der Waals surface area contributed by atoms with Crippen LogP contribution in [0.1, 0.15) is 26.4 Å². The third-order valence-electron chi connectivity index (χ3n) is 4.40. The van der Waals surface area contributed by atoms with Gasteiger partial charge in [0.25, 0.3) is 11.8 Å². The van der Waals surface area contributed by atoms with Crippen molar-refractivity contribution in [3.8, 4) is 17.0 Å². The van der Waals surface area contributed by atoms with Crippen LogP contribution < -0.4 is 10.4 Å². The summed E-state index contributed by atoms with van der Waals surface area (Å²) in [4.78, 5) is 45.3. The molecule has 0 saturated carbocycles. The maximum atomic E-state index is 13.0. The number of benzene rings is 2. The number of nitrogens with one attached hydrogen (secondary N) is 1. The molecule has 0 spiro atoms. The minimum absolute atomic E-state index is 0.0446. The average molecular weight is 361 g/mol. The van der Waals surface area contributed by atoms with Gasteiger partial charge in [0.05, 0.1) is 24.9 Å². The van der Waals surface area contributed by atoms with Crippen molar-refractivity contribution in [2.24, 2.45) is 0 Å². The molecule has 7 heteroatoms. The highest BCUT2D eigenvalue weighted by Gasteiger charge is 2.40. The lowest BCUT2D eigenvalue weighted by Crippen LogP contribution is -2.29. The van der Waals surface area contributed by atoms with Crippen LogP contribution in [0.25, 0.3) is 11.3 Å². The summed E-state index contributed by atoms with van der Waals surface area (Å²) < 4.78 is 5.32. The van der Waals surface area contributed by atoms with Crippen LogP contribution in [-0.2, 0) is 6.54 Å². The Kier molecular flexibility index (Phi) is 4.04. The first-order valence-electron chi connectivity index (χ1n) is 8.28. The quantitative estimate of drug-likeness (QED) is 0.720. The largest absolute Gasteiger partial charge is 0.496 e. The first kappa shape index (κ1) is 16.7. The third kappa shape index (κ3) is 2.79. The van der Waals surface area contributed by atoms with E-state index in [0.717, 1.165) is 10.5 Å². The second kappa shape index (κ2) is 6.53. The molecule has 0 bridgehead atoms. The van der Waals surface area contributed by atoms with Gasteiger partial charge in [-0.15, -0.1) is 0 Å². The molecule has 0 fully saturated rings. The maximum absolute atomic E-state index is 13.0. The van der Waals surface area contributed by atoms with Crippen molar-refractivity contribution in [2.45, 2.75) is 6.54 Å². The molecule has 1 N–H and O–H groups in total. The Morgan fingerprint density at radius 3 is 2.41 bits per heavy atom. The number of rotatable bonds is 4. The SMILES string of the molecule is COc1ccccc1-c1nc(=O)[nH]c2c1C(=O)N(Cc1ccccc1)C2=O. The number of para-hydroxylation sites is 1. The number of methoxy groups -OCH3 is 1. The Morgan fingerprint density at radius 1 is 0.963 bits per heavy atom. The molecule has 1 aromatic heterocycles. The van der Waals surface area contributed by atoms with Gasteiger partial charge in [0.1, 0.15) is 11.4 Å². The highest BCUT2D eigenvalue weighted by molar-refractivity contribution is 6.22. The standard InChI is InChI=1S/C20H15N3O4/c1-27-14-10-6-5-9-13(14)16-15-17(22-20(26)21-16)19(25)23(18(15)24)11-12-7-3-2-4-8-12/h2-10H,11H2,1H3,(H,21,22,26). The zero-order valence-corrected chi connectivity index (χ0v) is 14.4. The zero-order chi connectivity index (χ0) is 19.0. The summed E-state index contributed by atoms with van der Waals surface area (Å²) in [6, 6.07) is 16.1. The molecule has 7 nitrogen and oxygen atoms in total. The molecule has 1 aliphatic heterocycles. The number of aromatic nitrogens is 2. The van der Waals surface area contributed by atoms with Gasteiger partial charge >= 0.3 is 5.69 Å². The Bertz CT molecular complexity index is 1110. The minimum atomic E-state index is -0.697. The topological polar surface area (TPSA) is 92.4 Å². The van der Waals surface area contributed by atoms with Gasteiger partial charge in [0.2, 0.25) is 0 Å². The van der Waals surface area contributed by atoms with E-state index in [4.69, 9.17) is 4.74 Å². The summed E-state index contributed by atoms with van der Waals surface area (Å²) in [6.45, 7) is 0.112. The summed E-state index contributed by atoms with van der Waals surface area (Å²) >= 11 is 0. The summed E-state index contributed by atoms with van der Waals surface area (Å²) in [6.07, 6.45) is 0. The average Bonchev–Trinajstić information content (AvgIpc) is 2.93. The highest BCUT2D eigenvalue weighted by atomic mass is 16.5. The van der Waals surface area contributed by atoms with E-state index in [0.29, 0.717) is 11.3 Å². The van der Waals surface area contributed by atoms with E-state index in [2.05, 4.69) is 9.97 Å². The smallest absolute Gasteiger partial charge is 0.346 e. The molecule has 0 atom stereocenters. The van der Waals surface area contributed by atoms with E-state index in [-0.39, 0.29) is 23.5 Å². The van der Waals surface area contributed by atoms with Crippen LogP contribution in [0.15, 0.2) is 59.4 Å². The van der Waals surface area contributed by atoms with Crippen molar-refractivity contribution < 1.29 is 14.3 Å². The monoisotopic (exact) mass is 361 g/mol. The first-order chi connectivity index (χ1) is 13.1. The second-order valence-corrected chi connectivity index (χ2v) is 6.02. The number of carbonyl (C=O) groups excluding carboxylic acids is 2. The van der Waals surface area contributed by atoms with E-state index in [1.54, 1.807) is 24.3 Å². The molecular weight excluding hydrogens is 346 g/mol. The highest BCUT2D eigenvalue weighted by Crippen LogP contribution is 2.34. The molecule has 3 aromatic rings. The lowest BCUT2D eigenvalue weighted by atomic mass is 10.0. The molecule has 1 aliphatic rings. The molecule has 134 valence electrons. The number of imide groups is 1. The lowest BCUT2D eigenvalue weighted by Gasteiger charge is -2.13. The van der Waals surface area contributed by atoms with Gasteiger partial charge in [-0.3, -0.25) is 14.5 Å². The van der Waals surface area contributed by atoms with Crippen LogP contribution in [-0.4, -0.2) is 33.8 Å². The summed E-state index contributed by atoms with van der Waals surface area (Å²) in [5, 5.41) is 0. The third-order valence-corrected chi connectivity index (χ3v) is 4.40. The molecule has 27 heavy (non-hydrogen) atoms. The Balaban J connectivity index is 1.85. The number of amides is 2. The van der Waals surface area contributed by atoms with Crippen LogP contribution in [0, 0.1) is 0 Å². The number of ether oxygens (including phenoxy) is 1. The number of aromatic amines is 1. The van der Waals surface area contributed by atoms with Gasteiger partial charge in [-0.05, 0) is 17.7 Å². The van der Waals surface area contributed by atoms with Crippen molar-refractivity contribution in [3.05, 3.63) is 81.9 Å². The normalized spacial score (nSPS) is 13.0. The fourth-order valence-corrected chi connectivity index (χ4v) is 3.15. The summed E-state index contributed by atoms with van der Waals surface area (Å²) in [5.74, 6) is -0.586. The van der Waals surface area contributed by atoms with Gasteiger partial charge in [0.15, 0.2) is 0 Å². The molecule has 0 unspecified atom stereocenters. The van der Waals surface area contributed by atoms with Crippen LogP contribution in [0.3, 0.4) is 0 Å². The number of carbonyl (C=O) groups is 2. The van der Waals surface area contributed by atoms with E-state index in [1.165, 1.54) is 7.11 Å². The number of H-pyrrole nitrogens is 1. The minimum Gasteiger partial charge on any atom is -0.496 e. The molecule has 2 aromatic carbocycles. The first-order valence-corrected chi connectivity index (χ1v) is 8.28. The van der Waals surface area contributed by atoms with E-state index < -0.39 is 17.5 Å². The second-order valence-electron chi connectivity index (χ2n) is 6.02. The van der Waals surface area contributed by atoms with E-state index in [1.807, 2.05) is 30.3 Å². The molecular formula is C20H15N3O4. The predicted molar refractivity (Wildman–Crippen MR) is 97.5 cm³/mol. The van der Waals surface area contributed by atoms with Gasteiger partial charge in [-0.25, -0.2) is 4.79 Å². The number of fused-ring (bicyclic) bond motifs is 1. The van der Waals surface area contributed by atoms with Crippen molar-refractivity contribution in [1.29, 1.82) is 0 Å². The van der Waals surface area contributed by atoms with E-state index in [9.17, 15) is 14.4 Å². The number of nitrogens with zero attached hydrogens (tertiary/aromatic N) is 2. The van der Waals surface area contributed by atoms with Gasteiger partial charge in [-0.2, -0.15) is 4.98 Å². The molecule has 2 amide bonds. The lowest BCUT2D eigenvalue weighted by molar-refractivity contribution is 0.0640. The molecule has 4 rings (SSSR count). The van der Waals surface area contributed by atoms with E-state index >= 15 is 0 Å². The van der Waals surface area contributed by atoms with Crippen LogP contribution >= 0.6 is 0 Å². The van der Waals surface area contributed by atoms with Crippen molar-refractivity contribution >= 4 is 11.8 Å².